The molecule has 0 aliphatic carbocycles. The Balaban J connectivity index is 1.87. The normalized spacial score (nSPS) is 10.5. The lowest BCUT2D eigenvalue weighted by atomic mass is 10.1. The van der Waals surface area contributed by atoms with Crippen LogP contribution in [0, 0.1) is 0 Å². The Morgan fingerprint density at radius 3 is 2.62 bits per heavy atom. The third kappa shape index (κ3) is 6.09. The lowest BCUT2D eigenvalue weighted by molar-refractivity contribution is -0.123. The van der Waals surface area contributed by atoms with Crippen molar-refractivity contribution in [2.45, 2.75) is 19.8 Å². The largest absolute Gasteiger partial charge is 0.493 e. The minimum Gasteiger partial charge on any atom is -0.493 e. The second-order valence-electron chi connectivity index (χ2n) is 5.57. The third-order valence-corrected chi connectivity index (χ3v) is 3.47. The second kappa shape index (κ2) is 10.7. The lowest BCUT2D eigenvalue weighted by Gasteiger charge is -2.09. The van der Waals surface area contributed by atoms with Gasteiger partial charge in [0.2, 0.25) is 0 Å². The van der Waals surface area contributed by atoms with Crippen LogP contribution in [0.5, 0.6) is 11.5 Å². The number of carbonyl (C=O) groups excluding carboxylic acids is 1. The van der Waals surface area contributed by atoms with Gasteiger partial charge in [0.1, 0.15) is 11.5 Å². The summed E-state index contributed by atoms with van der Waals surface area (Å²) in [7, 11) is 0. The lowest BCUT2D eigenvalue weighted by Crippen LogP contribution is -2.24. The van der Waals surface area contributed by atoms with E-state index in [4.69, 9.17) is 9.47 Å². The van der Waals surface area contributed by atoms with Crippen molar-refractivity contribution in [2.75, 3.05) is 13.2 Å². The summed E-state index contributed by atoms with van der Waals surface area (Å²) in [5.41, 5.74) is 4.26. The molecule has 26 heavy (non-hydrogen) atoms. The quantitative estimate of drug-likeness (QED) is 0.403. The highest BCUT2D eigenvalue weighted by molar-refractivity contribution is 5.85. The van der Waals surface area contributed by atoms with Crippen molar-refractivity contribution in [3.8, 4) is 11.5 Å². The van der Waals surface area contributed by atoms with Gasteiger partial charge in [0.05, 0.1) is 12.8 Å². The Hall–Kier alpha value is -3.08. The molecule has 0 heterocycles. The van der Waals surface area contributed by atoms with Crippen molar-refractivity contribution >= 4 is 12.1 Å². The molecule has 0 radical (unpaired) electrons. The van der Waals surface area contributed by atoms with E-state index in [2.05, 4.69) is 17.1 Å². The van der Waals surface area contributed by atoms with Crippen molar-refractivity contribution < 1.29 is 14.3 Å². The summed E-state index contributed by atoms with van der Waals surface area (Å²) in [5.74, 6) is 1.08. The zero-order valence-electron chi connectivity index (χ0n) is 15.0. The Bertz CT molecular complexity index is 756. The van der Waals surface area contributed by atoms with Gasteiger partial charge >= 0.3 is 0 Å². The molecule has 0 aromatic heterocycles. The molecule has 2 aromatic carbocycles. The van der Waals surface area contributed by atoms with Crippen molar-refractivity contribution in [3.05, 3.63) is 72.3 Å². The number of rotatable bonds is 10. The molecule has 0 fully saturated rings. The maximum absolute atomic E-state index is 11.9. The average Bonchev–Trinajstić information content (AvgIpc) is 2.67. The zero-order valence-corrected chi connectivity index (χ0v) is 15.0. The van der Waals surface area contributed by atoms with E-state index in [1.165, 1.54) is 0 Å². The SMILES string of the molecule is C=CCc1ccccc1OCC(=O)N/N=C/c1ccccc1OCCC. The summed E-state index contributed by atoms with van der Waals surface area (Å²) in [6, 6.07) is 15.1. The Morgan fingerprint density at radius 2 is 1.85 bits per heavy atom. The van der Waals surface area contributed by atoms with Gasteiger partial charge in [-0.25, -0.2) is 5.43 Å². The molecule has 1 amide bonds. The highest BCUT2D eigenvalue weighted by Gasteiger charge is 2.05. The first-order valence-corrected chi connectivity index (χ1v) is 8.60. The Labute approximate surface area is 154 Å². The highest BCUT2D eigenvalue weighted by Crippen LogP contribution is 2.18. The van der Waals surface area contributed by atoms with Gasteiger partial charge in [-0.05, 0) is 36.6 Å². The predicted octanol–water partition coefficient (Wildman–Crippen LogP) is 3.73. The number of nitrogens with zero attached hydrogens (tertiary/aromatic N) is 1. The topological polar surface area (TPSA) is 59.9 Å². The number of para-hydroxylation sites is 2. The molecular formula is C21H24N2O3. The van der Waals surface area contributed by atoms with Gasteiger partial charge in [-0.3, -0.25) is 4.79 Å². The monoisotopic (exact) mass is 352 g/mol. The van der Waals surface area contributed by atoms with Crippen molar-refractivity contribution in [3.63, 3.8) is 0 Å². The van der Waals surface area contributed by atoms with Crippen LogP contribution in [0.2, 0.25) is 0 Å². The van der Waals surface area contributed by atoms with Crippen LogP contribution in [0.3, 0.4) is 0 Å². The number of hydrogen-bond donors (Lipinski definition) is 1. The van der Waals surface area contributed by atoms with Gasteiger partial charge in [-0.15, -0.1) is 6.58 Å². The van der Waals surface area contributed by atoms with E-state index < -0.39 is 0 Å². The van der Waals surface area contributed by atoms with E-state index in [0.29, 0.717) is 18.8 Å². The maximum atomic E-state index is 11.9. The summed E-state index contributed by atoms with van der Waals surface area (Å²) < 4.78 is 11.2. The number of hydrazone groups is 1. The first-order chi connectivity index (χ1) is 12.7. The van der Waals surface area contributed by atoms with Crippen LogP contribution in [-0.2, 0) is 11.2 Å². The van der Waals surface area contributed by atoms with Crippen molar-refractivity contribution in [1.29, 1.82) is 0 Å². The summed E-state index contributed by atoms with van der Waals surface area (Å²) in [6.07, 6.45) is 4.97. The van der Waals surface area contributed by atoms with Gasteiger partial charge in [0, 0.05) is 5.56 Å². The Morgan fingerprint density at radius 1 is 1.12 bits per heavy atom. The molecule has 2 aromatic rings. The minimum absolute atomic E-state index is 0.112. The zero-order chi connectivity index (χ0) is 18.6. The summed E-state index contributed by atoms with van der Waals surface area (Å²) in [4.78, 5) is 11.9. The number of allylic oxidation sites excluding steroid dienone is 1. The summed E-state index contributed by atoms with van der Waals surface area (Å²) >= 11 is 0. The van der Waals surface area contributed by atoms with Crippen molar-refractivity contribution in [1.82, 2.24) is 5.43 Å². The molecule has 0 unspecified atom stereocenters. The van der Waals surface area contributed by atoms with Gasteiger partial charge in [-0.1, -0.05) is 43.3 Å². The van der Waals surface area contributed by atoms with E-state index in [-0.39, 0.29) is 12.5 Å². The molecule has 1 N–H and O–H groups in total. The predicted molar refractivity (Wildman–Crippen MR) is 104 cm³/mol. The number of benzene rings is 2. The molecule has 5 nitrogen and oxygen atoms in total. The van der Waals surface area contributed by atoms with Crippen molar-refractivity contribution in [2.24, 2.45) is 5.10 Å². The number of amides is 1. The van der Waals surface area contributed by atoms with Crippen LogP contribution in [0.25, 0.3) is 0 Å². The third-order valence-electron chi connectivity index (χ3n) is 3.47. The summed E-state index contributed by atoms with van der Waals surface area (Å²) in [6.45, 7) is 6.29. The molecule has 0 aliphatic heterocycles. The highest BCUT2D eigenvalue weighted by atomic mass is 16.5. The number of nitrogens with one attached hydrogen (secondary N) is 1. The summed E-state index contributed by atoms with van der Waals surface area (Å²) in [5, 5.41) is 3.98. The standard InChI is InChI=1S/C21H24N2O3/c1-3-9-17-10-5-7-12-19(17)26-16-21(24)23-22-15-18-11-6-8-13-20(18)25-14-4-2/h3,5-8,10-13,15H,1,4,9,14,16H2,2H3,(H,23,24)/b22-15+. The van der Waals surface area contributed by atoms with E-state index in [1.54, 1.807) is 12.3 Å². The number of carbonyl (C=O) groups is 1. The molecule has 0 spiro atoms. The van der Waals surface area contributed by atoms with E-state index in [0.717, 1.165) is 23.3 Å². The van der Waals surface area contributed by atoms with E-state index in [1.807, 2.05) is 55.5 Å². The fraction of sp³-hybridized carbons (Fsp3) is 0.238. The molecule has 5 heteroatoms. The molecule has 2 rings (SSSR count). The van der Waals surface area contributed by atoms with E-state index >= 15 is 0 Å². The fourth-order valence-electron chi connectivity index (χ4n) is 2.25. The van der Waals surface area contributed by atoms with Gasteiger partial charge in [0.15, 0.2) is 6.61 Å². The van der Waals surface area contributed by atoms with Crippen LogP contribution in [0.15, 0.2) is 66.3 Å². The first-order valence-electron chi connectivity index (χ1n) is 8.60. The first kappa shape index (κ1) is 19.2. The van der Waals surface area contributed by atoms with Gasteiger partial charge in [-0.2, -0.15) is 5.10 Å². The average molecular weight is 352 g/mol. The maximum Gasteiger partial charge on any atom is 0.277 e. The second-order valence-corrected chi connectivity index (χ2v) is 5.57. The minimum atomic E-state index is -0.332. The van der Waals surface area contributed by atoms with Crippen LogP contribution >= 0.6 is 0 Å². The molecule has 0 atom stereocenters. The molecule has 0 saturated carbocycles. The molecule has 0 saturated heterocycles. The van der Waals surface area contributed by atoms with Crippen LogP contribution < -0.4 is 14.9 Å². The fourth-order valence-corrected chi connectivity index (χ4v) is 2.25. The van der Waals surface area contributed by atoms with Crippen LogP contribution in [0.1, 0.15) is 24.5 Å². The molecule has 0 aliphatic rings. The van der Waals surface area contributed by atoms with Crippen LogP contribution in [0.4, 0.5) is 0 Å². The van der Waals surface area contributed by atoms with Gasteiger partial charge < -0.3 is 9.47 Å². The number of ether oxygens (including phenoxy) is 2. The van der Waals surface area contributed by atoms with Gasteiger partial charge in [0.25, 0.3) is 5.91 Å². The molecule has 0 bridgehead atoms. The van der Waals surface area contributed by atoms with E-state index in [9.17, 15) is 4.79 Å². The smallest absolute Gasteiger partial charge is 0.277 e. The molecule has 136 valence electrons. The number of hydrogen-bond acceptors (Lipinski definition) is 4. The van der Waals surface area contributed by atoms with Crippen LogP contribution in [-0.4, -0.2) is 25.3 Å². The molecular weight excluding hydrogens is 328 g/mol. The Kier molecular flexibility index (Phi) is 7.93.